The van der Waals surface area contributed by atoms with Crippen LogP contribution in [0, 0.1) is 6.92 Å². The van der Waals surface area contributed by atoms with Crippen LogP contribution in [0.3, 0.4) is 0 Å². The number of aromatic nitrogens is 3. The Morgan fingerprint density at radius 3 is 2.47 bits per heavy atom. The Morgan fingerprint density at radius 1 is 0.961 bits per heavy atom. The van der Waals surface area contributed by atoms with E-state index in [0.717, 1.165) is 62.8 Å². The Morgan fingerprint density at radius 2 is 1.75 bits per heavy atom. The van der Waals surface area contributed by atoms with Crippen LogP contribution in [0.5, 0.6) is 11.5 Å². The average Bonchev–Trinajstić information content (AvgIpc) is 3.85. The summed E-state index contributed by atoms with van der Waals surface area (Å²) in [7, 11) is 0. The monoisotopic (exact) mass is 704 g/mol. The van der Waals surface area contributed by atoms with Crippen LogP contribution < -0.4 is 26.0 Å². The summed E-state index contributed by atoms with van der Waals surface area (Å²) in [4.78, 5) is 13.0. The third-order valence-corrected chi connectivity index (χ3v) is 11.2. The third-order valence-electron chi connectivity index (χ3n) is 10.2. The number of hydrogen-bond acceptors (Lipinski definition) is 11. The highest BCUT2D eigenvalue weighted by Crippen LogP contribution is 2.36. The molecule has 3 aromatic carbocycles. The van der Waals surface area contributed by atoms with Crippen LogP contribution in [-0.4, -0.2) is 70.6 Å². The lowest BCUT2D eigenvalue weighted by molar-refractivity contribution is 0.249. The number of nitrogens with zero attached hydrogens (tertiary/aromatic N) is 6. The Hall–Kier alpha value is -4.71. The fourth-order valence-electron chi connectivity index (χ4n) is 7.43. The van der Waals surface area contributed by atoms with Gasteiger partial charge in [-0.1, -0.05) is 49.2 Å². The maximum Gasteiger partial charge on any atom is 0.169 e. The fourth-order valence-corrected chi connectivity index (χ4v) is 8.23. The predicted octanol–water partition coefficient (Wildman–Crippen LogP) is 6.86. The van der Waals surface area contributed by atoms with Crippen LogP contribution >= 0.6 is 11.3 Å². The van der Waals surface area contributed by atoms with E-state index in [-0.39, 0.29) is 5.75 Å². The van der Waals surface area contributed by atoms with E-state index in [0.29, 0.717) is 36.3 Å². The molecule has 1 aliphatic carbocycles. The summed E-state index contributed by atoms with van der Waals surface area (Å²) in [5.74, 6) is 1.49. The number of ether oxygens (including phenoxy) is 1. The Labute approximate surface area is 304 Å². The number of anilines is 3. The molecule has 2 aliphatic rings. The van der Waals surface area contributed by atoms with E-state index in [2.05, 4.69) is 79.3 Å². The third kappa shape index (κ3) is 8.11. The quantitative estimate of drug-likeness (QED) is 0.112. The van der Waals surface area contributed by atoms with E-state index >= 15 is 0 Å². The van der Waals surface area contributed by atoms with E-state index < -0.39 is 0 Å². The van der Waals surface area contributed by atoms with Crippen molar-refractivity contribution in [2.45, 2.75) is 58.2 Å². The Kier molecular flexibility index (Phi) is 11.0. The van der Waals surface area contributed by atoms with Gasteiger partial charge in [-0.05, 0) is 79.3 Å². The molecule has 2 fully saturated rings. The molecule has 7 rings (SSSR count). The summed E-state index contributed by atoms with van der Waals surface area (Å²) in [5.41, 5.74) is 22.6. The van der Waals surface area contributed by atoms with Gasteiger partial charge in [0.25, 0.3) is 0 Å². The number of aromatic hydroxyl groups is 1. The first-order chi connectivity index (χ1) is 25.0. The second kappa shape index (κ2) is 16.1. The average molecular weight is 705 g/mol. The zero-order valence-corrected chi connectivity index (χ0v) is 30.2. The van der Waals surface area contributed by atoms with Crippen molar-refractivity contribution in [1.82, 2.24) is 20.1 Å². The van der Waals surface area contributed by atoms with Crippen LogP contribution in [0.4, 0.5) is 17.2 Å². The Bertz CT molecular complexity index is 1900. The molecule has 0 unspecified atom stereocenters. The zero-order valence-electron chi connectivity index (χ0n) is 29.4. The first-order valence-electron chi connectivity index (χ1n) is 18.1. The molecule has 51 heavy (non-hydrogen) atoms. The largest absolute Gasteiger partial charge is 0.507 e. The first kappa shape index (κ1) is 34.7. The van der Waals surface area contributed by atoms with Crippen molar-refractivity contribution in [3.05, 3.63) is 95.1 Å². The molecule has 0 amide bonds. The molecule has 1 saturated heterocycles. The fraction of sp³-hybridized carbons (Fsp3) is 0.375. The number of thiazole rings is 1. The molecule has 1 saturated carbocycles. The highest BCUT2D eigenvalue weighted by molar-refractivity contribution is 7.13. The smallest absolute Gasteiger partial charge is 0.169 e. The number of aryl methyl sites for hydroxylation is 1. The summed E-state index contributed by atoms with van der Waals surface area (Å²) in [6.07, 6.45) is 5.94. The van der Waals surface area contributed by atoms with Gasteiger partial charge in [0, 0.05) is 63.1 Å². The van der Waals surface area contributed by atoms with E-state index in [1.54, 1.807) is 23.5 Å². The van der Waals surface area contributed by atoms with E-state index in [1.807, 2.05) is 23.7 Å². The van der Waals surface area contributed by atoms with Gasteiger partial charge in [0.1, 0.15) is 11.5 Å². The SMILES string of the molecule is Cc1ncsc1-c1ccc(CN)c(N(CCCOc2ccc(CN3CCN(c4cc(-c5ccccc5O)nnc4N)CC3)cc2)C2CCCC2)c1. The van der Waals surface area contributed by atoms with Crippen molar-refractivity contribution < 1.29 is 9.84 Å². The molecule has 2 aromatic heterocycles. The second-order valence-corrected chi connectivity index (χ2v) is 14.4. The van der Waals surface area contributed by atoms with Gasteiger partial charge in [-0.2, -0.15) is 0 Å². The number of piperazine rings is 1. The lowest BCUT2D eigenvalue weighted by atomic mass is 10.0. The molecule has 10 nitrogen and oxygen atoms in total. The molecule has 11 heteroatoms. The van der Waals surface area contributed by atoms with Gasteiger partial charge in [0.2, 0.25) is 0 Å². The van der Waals surface area contributed by atoms with E-state index in [4.69, 9.17) is 16.2 Å². The van der Waals surface area contributed by atoms with Gasteiger partial charge in [0.15, 0.2) is 5.82 Å². The summed E-state index contributed by atoms with van der Waals surface area (Å²) in [6, 6.07) is 24.9. The van der Waals surface area contributed by atoms with Crippen LogP contribution in [-0.2, 0) is 13.1 Å². The van der Waals surface area contributed by atoms with Gasteiger partial charge < -0.3 is 31.1 Å². The summed E-state index contributed by atoms with van der Waals surface area (Å²) in [6.45, 7) is 8.55. The standard InChI is InChI=1S/C40H48N8O2S/c1-28-39(51-27-43-28)30-13-14-31(25-41)36(23-30)48(32-7-2-3-8-32)17-6-22-50-33-15-11-29(12-16-33)26-46-18-20-47(21-19-46)37-24-35(44-45-40(37)42)34-9-4-5-10-38(34)49/h4-5,9-16,23-24,27,32,49H,2-3,6-8,17-22,25-26,41H2,1H3,(H2,42,45). The first-order valence-corrected chi connectivity index (χ1v) is 19.0. The van der Waals surface area contributed by atoms with Gasteiger partial charge in [-0.3, -0.25) is 4.90 Å². The summed E-state index contributed by atoms with van der Waals surface area (Å²) in [5, 5.41) is 18.7. The highest BCUT2D eigenvalue weighted by atomic mass is 32.1. The number of nitrogens with two attached hydrogens (primary N) is 2. The number of benzene rings is 3. The second-order valence-electron chi connectivity index (χ2n) is 13.6. The molecule has 0 bridgehead atoms. The maximum absolute atomic E-state index is 10.3. The predicted molar refractivity (Wildman–Crippen MR) is 207 cm³/mol. The van der Waals surface area contributed by atoms with Crippen molar-refractivity contribution in [3.63, 3.8) is 0 Å². The van der Waals surface area contributed by atoms with E-state index in [9.17, 15) is 5.11 Å². The number of nitrogen functional groups attached to an aromatic ring is 1. The number of para-hydroxylation sites is 1. The highest BCUT2D eigenvalue weighted by Gasteiger charge is 2.25. The van der Waals surface area contributed by atoms with Crippen LogP contribution in [0.25, 0.3) is 21.7 Å². The van der Waals surface area contributed by atoms with Crippen LogP contribution in [0.15, 0.2) is 78.3 Å². The number of phenols is 1. The summed E-state index contributed by atoms with van der Waals surface area (Å²) < 4.78 is 6.26. The minimum absolute atomic E-state index is 0.177. The van der Waals surface area contributed by atoms with Crippen molar-refractivity contribution in [2.24, 2.45) is 5.73 Å². The van der Waals surface area contributed by atoms with Gasteiger partial charge in [0.05, 0.1) is 34.1 Å². The molecule has 266 valence electrons. The lowest BCUT2D eigenvalue weighted by Crippen LogP contribution is -2.46. The number of rotatable bonds is 13. The molecule has 1 aliphatic heterocycles. The van der Waals surface area contributed by atoms with Crippen molar-refractivity contribution in [2.75, 3.05) is 54.9 Å². The molecule has 0 spiro atoms. The maximum atomic E-state index is 10.3. The van der Waals surface area contributed by atoms with Gasteiger partial charge in [-0.15, -0.1) is 21.5 Å². The van der Waals surface area contributed by atoms with Gasteiger partial charge in [-0.25, -0.2) is 4.98 Å². The molecule has 5 aromatic rings. The van der Waals surface area contributed by atoms with Crippen LogP contribution in [0.2, 0.25) is 0 Å². The van der Waals surface area contributed by atoms with Crippen molar-refractivity contribution in [3.8, 4) is 33.2 Å². The summed E-state index contributed by atoms with van der Waals surface area (Å²) >= 11 is 1.70. The zero-order chi connectivity index (χ0) is 35.2. The topological polar surface area (TPSA) is 130 Å². The minimum Gasteiger partial charge on any atom is -0.507 e. The number of phenolic OH excluding ortho intramolecular Hbond substituents is 1. The molecule has 0 atom stereocenters. The lowest BCUT2D eigenvalue weighted by Gasteiger charge is -2.36. The molecule has 3 heterocycles. The normalized spacial score (nSPS) is 15.4. The van der Waals surface area contributed by atoms with Crippen molar-refractivity contribution in [1.29, 1.82) is 0 Å². The van der Waals surface area contributed by atoms with Gasteiger partial charge >= 0.3 is 0 Å². The van der Waals surface area contributed by atoms with E-state index in [1.165, 1.54) is 52.9 Å². The molecular formula is C40H48N8O2S. The van der Waals surface area contributed by atoms with Crippen molar-refractivity contribution >= 4 is 28.5 Å². The minimum atomic E-state index is 0.177. The molecule has 5 N–H and O–H groups in total. The molecule has 0 radical (unpaired) electrons. The van der Waals surface area contributed by atoms with Crippen LogP contribution in [0.1, 0.15) is 48.9 Å². The Balaban J connectivity index is 0.915. The molecular weight excluding hydrogens is 657 g/mol. The number of hydrogen-bond donors (Lipinski definition) is 3.